The Balaban J connectivity index is 2.42. The van der Waals surface area contributed by atoms with E-state index in [1.54, 1.807) is 4.98 Å². The highest BCUT2D eigenvalue weighted by molar-refractivity contribution is 5.65. The van der Waals surface area contributed by atoms with Crippen LogP contribution in [-0.4, -0.2) is 22.3 Å². The molecule has 1 aromatic heterocycles. The lowest BCUT2D eigenvalue weighted by molar-refractivity contribution is -0.160. The second-order valence-electron chi connectivity index (χ2n) is 4.47. The minimum absolute atomic E-state index is 0.284. The van der Waals surface area contributed by atoms with Crippen LogP contribution in [0.4, 0.5) is 8.78 Å². The molecule has 1 atom stereocenters. The van der Waals surface area contributed by atoms with Gasteiger partial charge in [0.05, 0.1) is 6.20 Å². The molecule has 0 amide bonds. The number of benzene rings is 1. The first-order chi connectivity index (χ1) is 10.9. The number of aromatic nitrogens is 2. The van der Waals surface area contributed by atoms with E-state index in [0.29, 0.717) is 6.20 Å². The number of halogens is 2. The van der Waals surface area contributed by atoms with Gasteiger partial charge >= 0.3 is 11.7 Å². The molecule has 0 radical (unpaired) electrons. The van der Waals surface area contributed by atoms with Gasteiger partial charge in [-0.05, 0) is 12.1 Å². The zero-order chi connectivity index (χ0) is 17.0. The zero-order valence-electron chi connectivity index (χ0n) is 11.9. The third kappa shape index (κ3) is 4.10. The summed E-state index contributed by atoms with van der Waals surface area (Å²) >= 11 is 0. The fraction of sp³-hybridized carbons (Fsp3) is 0.214. The van der Waals surface area contributed by atoms with E-state index in [1.165, 1.54) is 12.1 Å². The van der Waals surface area contributed by atoms with Crippen LogP contribution in [0, 0.1) is 11.6 Å². The first-order valence-electron chi connectivity index (χ1n) is 6.40. The number of ether oxygens (including phenoxy) is 2. The van der Waals surface area contributed by atoms with Crippen LogP contribution in [0.15, 0.2) is 40.1 Å². The highest BCUT2D eigenvalue weighted by Gasteiger charge is 2.18. The average molecular weight is 326 g/mol. The van der Waals surface area contributed by atoms with Crippen molar-refractivity contribution in [1.29, 1.82) is 0 Å². The third-order valence-corrected chi connectivity index (χ3v) is 2.82. The van der Waals surface area contributed by atoms with Gasteiger partial charge < -0.3 is 9.47 Å². The molecule has 1 aromatic carbocycles. The molecule has 23 heavy (non-hydrogen) atoms. The Bertz CT molecular complexity index is 813. The maximum absolute atomic E-state index is 13.4. The van der Waals surface area contributed by atoms with Gasteiger partial charge in [0.2, 0.25) is 5.82 Å². The van der Waals surface area contributed by atoms with E-state index in [4.69, 9.17) is 4.74 Å². The molecule has 122 valence electrons. The van der Waals surface area contributed by atoms with Crippen molar-refractivity contribution in [3.05, 3.63) is 68.5 Å². The van der Waals surface area contributed by atoms with Crippen molar-refractivity contribution >= 4 is 5.97 Å². The van der Waals surface area contributed by atoms with E-state index in [2.05, 4.69) is 4.74 Å². The number of carbonyl (C=O) groups excluding carboxylic acids is 1. The molecule has 1 N–H and O–H groups in total. The summed E-state index contributed by atoms with van der Waals surface area (Å²) in [5, 5.41) is 0. The monoisotopic (exact) mass is 326 g/mol. The summed E-state index contributed by atoms with van der Waals surface area (Å²) in [7, 11) is 0. The predicted molar refractivity (Wildman–Crippen MR) is 73.5 cm³/mol. The van der Waals surface area contributed by atoms with E-state index >= 15 is 0 Å². The van der Waals surface area contributed by atoms with E-state index < -0.39 is 41.9 Å². The second-order valence-corrected chi connectivity index (χ2v) is 4.47. The van der Waals surface area contributed by atoms with Crippen LogP contribution in [0.25, 0.3) is 0 Å². The van der Waals surface area contributed by atoms with E-state index in [0.717, 1.165) is 23.6 Å². The van der Waals surface area contributed by atoms with Crippen molar-refractivity contribution in [2.45, 2.75) is 13.2 Å². The lowest BCUT2D eigenvalue weighted by atomic mass is 10.2. The molecular weight excluding hydrogens is 314 g/mol. The fourth-order valence-electron chi connectivity index (χ4n) is 1.78. The SMILES string of the molecule is CC(=O)OCOC(c1ccc(F)cc1)n1cc(F)c(=O)[nH]c1=O. The Morgan fingerprint density at radius 2 is 1.91 bits per heavy atom. The minimum atomic E-state index is -1.23. The van der Waals surface area contributed by atoms with Crippen LogP contribution in [0.1, 0.15) is 18.7 Å². The molecule has 9 heteroatoms. The molecular formula is C14H12F2N2O5. The zero-order valence-corrected chi connectivity index (χ0v) is 11.9. The normalized spacial score (nSPS) is 12.0. The second kappa shape index (κ2) is 6.97. The summed E-state index contributed by atoms with van der Waals surface area (Å²) in [6, 6.07) is 4.85. The minimum Gasteiger partial charge on any atom is -0.439 e. The highest BCUT2D eigenvalue weighted by Crippen LogP contribution is 2.18. The number of nitrogens with zero attached hydrogens (tertiary/aromatic N) is 1. The van der Waals surface area contributed by atoms with Gasteiger partial charge in [-0.25, -0.2) is 9.18 Å². The Morgan fingerprint density at radius 1 is 1.26 bits per heavy atom. The standard InChI is InChI=1S/C14H12F2N2O5/c1-8(19)22-7-23-13(9-2-4-10(15)5-3-9)18-6-11(16)12(20)17-14(18)21/h2-6,13H,7H2,1H3,(H,17,20,21). The molecule has 0 fully saturated rings. The summed E-state index contributed by atoms with van der Waals surface area (Å²) in [4.78, 5) is 35.5. The summed E-state index contributed by atoms with van der Waals surface area (Å²) in [6.07, 6.45) is -0.572. The molecule has 0 saturated heterocycles. The van der Waals surface area contributed by atoms with Crippen LogP contribution < -0.4 is 11.2 Å². The lowest BCUT2D eigenvalue weighted by Gasteiger charge is -2.20. The number of nitrogens with one attached hydrogen (secondary N) is 1. The predicted octanol–water partition coefficient (Wildman–Crippen LogP) is 0.899. The quantitative estimate of drug-likeness (QED) is 0.651. The van der Waals surface area contributed by atoms with E-state index in [9.17, 15) is 23.2 Å². The largest absolute Gasteiger partial charge is 0.439 e. The Morgan fingerprint density at radius 3 is 2.52 bits per heavy atom. The van der Waals surface area contributed by atoms with Crippen LogP contribution in [0.5, 0.6) is 0 Å². The molecule has 1 heterocycles. The van der Waals surface area contributed by atoms with Gasteiger partial charge in [0.1, 0.15) is 5.82 Å². The van der Waals surface area contributed by atoms with Crippen LogP contribution in [0.3, 0.4) is 0 Å². The van der Waals surface area contributed by atoms with Crippen LogP contribution >= 0.6 is 0 Å². The third-order valence-electron chi connectivity index (χ3n) is 2.82. The Hall–Kier alpha value is -2.81. The highest BCUT2D eigenvalue weighted by atomic mass is 19.1. The van der Waals surface area contributed by atoms with Gasteiger partial charge in [-0.1, -0.05) is 12.1 Å². The smallest absolute Gasteiger partial charge is 0.330 e. The first-order valence-corrected chi connectivity index (χ1v) is 6.40. The van der Waals surface area contributed by atoms with E-state index in [-0.39, 0.29) is 5.56 Å². The van der Waals surface area contributed by atoms with Gasteiger partial charge in [-0.3, -0.25) is 19.1 Å². The van der Waals surface area contributed by atoms with Crippen LogP contribution in [-0.2, 0) is 14.3 Å². The lowest BCUT2D eigenvalue weighted by Crippen LogP contribution is -2.35. The number of carbonyl (C=O) groups is 1. The van der Waals surface area contributed by atoms with Gasteiger partial charge in [-0.2, -0.15) is 4.39 Å². The average Bonchev–Trinajstić information content (AvgIpc) is 2.49. The molecule has 0 aliphatic carbocycles. The molecule has 0 saturated carbocycles. The first kappa shape index (κ1) is 16.6. The van der Waals surface area contributed by atoms with Gasteiger partial charge in [0.25, 0.3) is 5.56 Å². The van der Waals surface area contributed by atoms with Gasteiger partial charge in [0, 0.05) is 12.5 Å². The number of aromatic amines is 1. The Labute approximate surface area is 128 Å². The fourth-order valence-corrected chi connectivity index (χ4v) is 1.78. The number of rotatable bonds is 5. The van der Waals surface area contributed by atoms with Crippen molar-refractivity contribution in [1.82, 2.24) is 9.55 Å². The molecule has 0 aliphatic heterocycles. The molecule has 2 aromatic rings. The summed E-state index contributed by atoms with van der Waals surface area (Å²) < 4.78 is 37.1. The van der Waals surface area contributed by atoms with E-state index in [1.807, 2.05) is 0 Å². The van der Waals surface area contributed by atoms with Crippen molar-refractivity contribution in [2.75, 3.05) is 6.79 Å². The van der Waals surface area contributed by atoms with Crippen molar-refractivity contribution < 1.29 is 23.0 Å². The topological polar surface area (TPSA) is 90.4 Å². The number of H-pyrrole nitrogens is 1. The maximum atomic E-state index is 13.4. The van der Waals surface area contributed by atoms with Crippen LogP contribution in [0.2, 0.25) is 0 Å². The number of hydrogen-bond donors (Lipinski definition) is 1. The molecule has 1 unspecified atom stereocenters. The summed E-state index contributed by atoms with van der Waals surface area (Å²) in [5.41, 5.74) is -1.83. The molecule has 0 spiro atoms. The molecule has 0 bridgehead atoms. The molecule has 7 nitrogen and oxygen atoms in total. The number of hydrogen-bond acceptors (Lipinski definition) is 5. The number of esters is 1. The Kier molecular flexibility index (Phi) is 5.02. The molecule has 2 rings (SSSR count). The summed E-state index contributed by atoms with van der Waals surface area (Å²) in [5.74, 6) is -2.34. The molecule has 0 aliphatic rings. The maximum Gasteiger partial charge on any atom is 0.330 e. The van der Waals surface area contributed by atoms with Crippen molar-refractivity contribution in [3.63, 3.8) is 0 Å². The van der Waals surface area contributed by atoms with Crippen molar-refractivity contribution in [2.24, 2.45) is 0 Å². The van der Waals surface area contributed by atoms with Crippen molar-refractivity contribution in [3.8, 4) is 0 Å². The van der Waals surface area contributed by atoms with Gasteiger partial charge in [-0.15, -0.1) is 0 Å². The summed E-state index contributed by atoms with van der Waals surface area (Å²) in [6.45, 7) is 0.632. The van der Waals surface area contributed by atoms with Gasteiger partial charge in [0.15, 0.2) is 13.0 Å².